The van der Waals surface area contributed by atoms with Crippen LogP contribution in [0.3, 0.4) is 0 Å². The fourth-order valence-electron chi connectivity index (χ4n) is 2.79. The second kappa shape index (κ2) is 6.26. The van der Waals surface area contributed by atoms with Crippen LogP contribution in [-0.4, -0.2) is 37.2 Å². The third kappa shape index (κ3) is 2.72. The molecule has 0 saturated heterocycles. The van der Waals surface area contributed by atoms with Gasteiger partial charge in [-0.05, 0) is 19.9 Å². The molecule has 4 heterocycles. The zero-order valence-corrected chi connectivity index (χ0v) is 14.3. The highest BCUT2D eigenvalue weighted by Crippen LogP contribution is 2.31. The lowest BCUT2D eigenvalue weighted by atomic mass is 10.2. The number of nitrogens with zero attached hydrogens (tertiary/aromatic N) is 4. The van der Waals surface area contributed by atoms with Gasteiger partial charge in [-0.1, -0.05) is 0 Å². The largest absolute Gasteiger partial charge is 0.490 e. The Balaban J connectivity index is 1.75. The normalized spacial score (nSPS) is 12.6. The molecule has 0 fully saturated rings. The van der Waals surface area contributed by atoms with Gasteiger partial charge in [-0.3, -0.25) is 0 Å². The number of ether oxygens (including phenoxy) is 1. The number of aryl methyl sites for hydroxylation is 1. The average molecular weight is 355 g/mol. The SMILES string of the molecule is Cc1c(OC[C@@H](C)N)cn2ncnc(Nc3cnc4[nH]ccc4c3F)c12. The standard InChI is InChI=1S/C17H18FN7O/c1-9(19)7-26-13-6-25-15(10(13)2)17(22-8-23-25)24-12-5-21-16-11(14(12)18)3-4-20-16/h3-6,8-9H,7,19H2,1-2H3,(H,20,21)(H,22,23,24)/t9-/m1/s1. The Bertz CT molecular complexity index is 1090. The highest BCUT2D eigenvalue weighted by molar-refractivity contribution is 5.84. The maximum absolute atomic E-state index is 14.7. The number of hydrogen-bond donors (Lipinski definition) is 3. The lowest BCUT2D eigenvalue weighted by Gasteiger charge is -2.09. The van der Waals surface area contributed by atoms with Gasteiger partial charge in [0.1, 0.15) is 29.8 Å². The van der Waals surface area contributed by atoms with E-state index >= 15 is 0 Å². The van der Waals surface area contributed by atoms with Gasteiger partial charge in [0.2, 0.25) is 0 Å². The topological polar surface area (TPSA) is 106 Å². The molecule has 0 aliphatic heterocycles. The van der Waals surface area contributed by atoms with Crippen LogP contribution in [0.4, 0.5) is 15.9 Å². The van der Waals surface area contributed by atoms with Gasteiger partial charge in [0.25, 0.3) is 0 Å². The van der Waals surface area contributed by atoms with E-state index in [2.05, 4.69) is 25.4 Å². The maximum Gasteiger partial charge on any atom is 0.159 e. The summed E-state index contributed by atoms with van der Waals surface area (Å²) in [7, 11) is 0. The first-order chi connectivity index (χ1) is 12.5. The van der Waals surface area contributed by atoms with Gasteiger partial charge >= 0.3 is 0 Å². The Hall–Kier alpha value is -3.20. The number of anilines is 2. The third-order valence-corrected chi connectivity index (χ3v) is 4.06. The van der Waals surface area contributed by atoms with Gasteiger partial charge in [-0.15, -0.1) is 0 Å². The minimum Gasteiger partial charge on any atom is -0.490 e. The Morgan fingerprint density at radius 2 is 2.27 bits per heavy atom. The van der Waals surface area contributed by atoms with Crippen molar-refractivity contribution in [1.29, 1.82) is 0 Å². The fourth-order valence-corrected chi connectivity index (χ4v) is 2.79. The summed E-state index contributed by atoms with van der Waals surface area (Å²) in [5.41, 5.74) is 8.00. The highest BCUT2D eigenvalue weighted by atomic mass is 19.1. The first-order valence-corrected chi connectivity index (χ1v) is 8.14. The summed E-state index contributed by atoms with van der Waals surface area (Å²) in [6, 6.07) is 1.55. The Morgan fingerprint density at radius 1 is 1.42 bits per heavy atom. The molecule has 9 heteroatoms. The van der Waals surface area contributed by atoms with Crippen LogP contribution in [0, 0.1) is 12.7 Å². The molecule has 4 aromatic rings. The van der Waals surface area contributed by atoms with Crippen LogP contribution >= 0.6 is 0 Å². The summed E-state index contributed by atoms with van der Waals surface area (Å²) in [4.78, 5) is 11.3. The van der Waals surface area contributed by atoms with Gasteiger partial charge in [0.15, 0.2) is 11.6 Å². The lowest BCUT2D eigenvalue weighted by Crippen LogP contribution is -2.23. The number of hydrogen-bond acceptors (Lipinski definition) is 6. The molecule has 4 N–H and O–H groups in total. The van der Waals surface area contributed by atoms with Crippen LogP contribution in [0.1, 0.15) is 12.5 Å². The number of H-pyrrole nitrogens is 1. The zero-order chi connectivity index (χ0) is 18.3. The summed E-state index contributed by atoms with van der Waals surface area (Å²) in [5, 5.41) is 7.62. The van der Waals surface area contributed by atoms with Crippen molar-refractivity contribution in [2.24, 2.45) is 5.73 Å². The number of fused-ring (bicyclic) bond motifs is 2. The number of nitrogens with one attached hydrogen (secondary N) is 2. The van der Waals surface area contributed by atoms with Crippen molar-refractivity contribution in [2.45, 2.75) is 19.9 Å². The molecular formula is C17H18FN7O. The first-order valence-electron chi connectivity index (χ1n) is 8.14. The maximum atomic E-state index is 14.7. The van der Waals surface area contributed by atoms with Crippen LogP contribution < -0.4 is 15.8 Å². The van der Waals surface area contributed by atoms with E-state index in [-0.39, 0.29) is 11.7 Å². The second-order valence-corrected chi connectivity index (χ2v) is 6.16. The molecule has 0 bridgehead atoms. The highest BCUT2D eigenvalue weighted by Gasteiger charge is 2.16. The second-order valence-electron chi connectivity index (χ2n) is 6.16. The quantitative estimate of drug-likeness (QED) is 0.508. The van der Waals surface area contributed by atoms with E-state index in [9.17, 15) is 4.39 Å². The fraction of sp³-hybridized carbons (Fsp3) is 0.235. The van der Waals surface area contributed by atoms with Crippen LogP contribution in [-0.2, 0) is 0 Å². The van der Waals surface area contributed by atoms with Crippen LogP contribution in [0.5, 0.6) is 5.75 Å². The van der Waals surface area contributed by atoms with E-state index in [4.69, 9.17) is 10.5 Å². The smallest absolute Gasteiger partial charge is 0.159 e. The lowest BCUT2D eigenvalue weighted by molar-refractivity contribution is 0.294. The molecule has 1 atom stereocenters. The molecule has 0 unspecified atom stereocenters. The first kappa shape index (κ1) is 16.3. The zero-order valence-electron chi connectivity index (χ0n) is 14.3. The molecule has 0 saturated carbocycles. The van der Waals surface area contributed by atoms with Crippen molar-refractivity contribution in [2.75, 3.05) is 11.9 Å². The van der Waals surface area contributed by atoms with Crippen molar-refractivity contribution in [3.05, 3.63) is 42.4 Å². The summed E-state index contributed by atoms with van der Waals surface area (Å²) in [6.45, 7) is 4.14. The van der Waals surface area contributed by atoms with Crippen LogP contribution in [0.15, 0.2) is 31.0 Å². The number of pyridine rings is 1. The van der Waals surface area contributed by atoms with Crippen molar-refractivity contribution in [1.82, 2.24) is 24.6 Å². The number of rotatable bonds is 5. The van der Waals surface area contributed by atoms with Gasteiger partial charge in [-0.25, -0.2) is 18.9 Å². The summed E-state index contributed by atoms with van der Waals surface area (Å²) in [5.74, 6) is 0.722. The van der Waals surface area contributed by atoms with E-state index in [1.54, 1.807) is 23.0 Å². The van der Waals surface area contributed by atoms with E-state index in [0.29, 0.717) is 34.7 Å². The number of aromatic nitrogens is 5. The Kier molecular flexibility index (Phi) is 3.92. The van der Waals surface area contributed by atoms with E-state index in [1.807, 2.05) is 13.8 Å². The number of halogens is 1. The Labute approximate surface area is 148 Å². The predicted molar refractivity (Wildman–Crippen MR) is 96.2 cm³/mol. The molecule has 0 spiro atoms. The van der Waals surface area contributed by atoms with Crippen molar-refractivity contribution < 1.29 is 9.13 Å². The molecule has 134 valence electrons. The van der Waals surface area contributed by atoms with Gasteiger partial charge in [0.05, 0.1) is 23.5 Å². The van der Waals surface area contributed by atoms with Crippen molar-refractivity contribution in [3.8, 4) is 5.75 Å². The molecule has 0 aliphatic rings. The molecule has 4 rings (SSSR count). The molecular weight excluding hydrogens is 337 g/mol. The molecule has 0 amide bonds. The van der Waals surface area contributed by atoms with Crippen LogP contribution in [0.25, 0.3) is 16.6 Å². The molecule has 26 heavy (non-hydrogen) atoms. The van der Waals surface area contributed by atoms with E-state index in [1.165, 1.54) is 12.5 Å². The molecule has 0 aromatic carbocycles. The average Bonchev–Trinajstić information content (AvgIpc) is 3.21. The predicted octanol–water partition coefficient (Wildman–Crippen LogP) is 2.52. The van der Waals surface area contributed by atoms with Gasteiger partial charge < -0.3 is 20.8 Å². The van der Waals surface area contributed by atoms with E-state index < -0.39 is 5.82 Å². The monoisotopic (exact) mass is 355 g/mol. The Morgan fingerprint density at radius 3 is 3.08 bits per heavy atom. The summed E-state index contributed by atoms with van der Waals surface area (Å²) < 4.78 is 22.1. The molecule has 0 radical (unpaired) electrons. The van der Waals surface area contributed by atoms with E-state index in [0.717, 1.165) is 5.56 Å². The minimum absolute atomic E-state index is 0.0886. The van der Waals surface area contributed by atoms with Gasteiger partial charge in [0, 0.05) is 17.8 Å². The summed E-state index contributed by atoms with van der Waals surface area (Å²) >= 11 is 0. The van der Waals surface area contributed by atoms with Crippen molar-refractivity contribution in [3.63, 3.8) is 0 Å². The number of nitrogens with two attached hydrogens (primary N) is 1. The summed E-state index contributed by atoms with van der Waals surface area (Å²) in [6.07, 6.45) is 6.22. The van der Waals surface area contributed by atoms with Crippen LogP contribution in [0.2, 0.25) is 0 Å². The molecule has 4 aromatic heterocycles. The number of aromatic amines is 1. The minimum atomic E-state index is -0.398. The molecule has 0 aliphatic carbocycles. The van der Waals surface area contributed by atoms with Gasteiger partial charge in [-0.2, -0.15) is 5.10 Å². The van der Waals surface area contributed by atoms with Crippen molar-refractivity contribution >= 4 is 28.1 Å². The molecule has 8 nitrogen and oxygen atoms in total. The third-order valence-electron chi connectivity index (χ3n) is 4.06.